The van der Waals surface area contributed by atoms with Crippen LogP contribution in [0.1, 0.15) is 19.3 Å². The van der Waals surface area contributed by atoms with Gasteiger partial charge in [0.2, 0.25) is 0 Å². The first-order valence-electron chi connectivity index (χ1n) is 5.35. The van der Waals surface area contributed by atoms with Gasteiger partial charge in [-0.25, -0.2) is 4.79 Å². The quantitative estimate of drug-likeness (QED) is 0.729. The monoisotopic (exact) mass is 198 g/mol. The van der Waals surface area contributed by atoms with E-state index in [9.17, 15) is 4.79 Å². The summed E-state index contributed by atoms with van der Waals surface area (Å²) in [5, 5.41) is 2.97. The Morgan fingerprint density at radius 1 is 1.50 bits per heavy atom. The number of ether oxygens (including phenoxy) is 1. The van der Waals surface area contributed by atoms with Crippen molar-refractivity contribution in [2.75, 3.05) is 26.8 Å². The summed E-state index contributed by atoms with van der Waals surface area (Å²) in [5.74, 6) is 0.755. The Balaban J connectivity index is 1.69. The molecule has 1 saturated heterocycles. The molecule has 2 fully saturated rings. The molecule has 0 radical (unpaired) electrons. The second kappa shape index (κ2) is 4.17. The number of hydrogen-bond donors (Lipinski definition) is 1. The number of amides is 2. The number of urea groups is 1. The zero-order chi connectivity index (χ0) is 9.97. The van der Waals surface area contributed by atoms with Crippen LogP contribution in [0, 0.1) is 5.92 Å². The second-order valence-corrected chi connectivity index (χ2v) is 4.33. The van der Waals surface area contributed by atoms with E-state index in [1.54, 1.807) is 4.90 Å². The standard InChI is InChI=1S/C10H18N2O2/c1-12(6-8-2-3-8)10(13)11-9-4-5-14-7-9/h8-9H,2-7H2,1H3,(H,11,13). The molecule has 0 aromatic rings. The average molecular weight is 198 g/mol. The Kier molecular flexibility index (Phi) is 2.91. The van der Waals surface area contributed by atoms with Crippen LogP contribution in [0.25, 0.3) is 0 Å². The summed E-state index contributed by atoms with van der Waals surface area (Å²) in [7, 11) is 1.86. The van der Waals surface area contributed by atoms with E-state index in [2.05, 4.69) is 5.32 Å². The predicted molar refractivity (Wildman–Crippen MR) is 53.1 cm³/mol. The van der Waals surface area contributed by atoms with Crippen LogP contribution in [-0.4, -0.2) is 43.8 Å². The number of carbonyl (C=O) groups excluding carboxylic acids is 1. The van der Waals surface area contributed by atoms with Crippen molar-refractivity contribution in [3.05, 3.63) is 0 Å². The Hall–Kier alpha value is -0.770. The third-order valence-corrected chi connectivity index (χ3v) is 2.83. The van der Waals surface area contributed by atoms with Gasteiger partial charge in [-0.2, -0.15) is 0 Å². The highest BCUT2D eigenvalue weighted by Gasteiger charge is 2.26. The minimum atomic E-state index is 0.0485. The molecule has 2 amide bonds. The molecule has 80 valence electrons. The molecule has 1 atom stereocenters. The van der Waals surface area contributed by atoms with Crippen LogP contribution in [0.5, 0.6) is 0 Å². The van der Waals surface area contributed by atoms with Gasteiger partial charge in [0.15, 0.2) is 0 Å². The highest BCUT2D eigenvalue weighted by atomic mass is 16.5. The van der Waals surface area contributed by atoms with E-state index in [1.807, 2.05) is 7.05 Å². The van der Waals surface area contributed by atoms with Crippen LogP contribution in [0.4, 0.5) is 4.79 Å². The summed E-state index contributed by atoms with van der Waals surface area (Å²) < 4.78 is 5.20. The molecule has 0 spiro atoms. The van der Waals surface area contributed by atoms with Crippen LogP contribution in [0.15, 0.2) is 0 Å². The van der Waals surface area contributed by atoms with Gasteiger partial charge in [0, 0.05) is 20.2 Å². The minimum Gasteiger partial charge on any atom is -0.379 e. The van der Waals surface area contributed by atoms with Crippen molar-refractivity contribution >= 4 is 6.03 Å². The maximum Gasteiger partial charge on any atom is 0.317 e. The topological polar surface area (TPSA) is 41.6 Å². The molecule has 0 bridgehead atoms. The summed E-state index contributed by atoms with van der Waals surface area (Å²) in [6, 6.07) is 0.275. The fraction of sp³-hybridized carbons (Fsp3) is 0.900. The van der Waals surface area contributed by atoms with Crippen LogP contribution >= 0.6 is 0 Å². The fourth-order valence-corrected chi connectivity index (χ4v) is 1.70. The second-order valence-electron chi connectivity index (χ2n) is 4.33. The largest absolute Gasteiger partial charge is 0.379 e. The zero-order valence-electron chi connectivity index (χ0n) is 8.66. The molecule has 0 aromatic heterocycles. The Morgan fingerprint density at radius 3 is 2.86 bits per heavy atom. The average Bonchev–Trinajstić information content (AvgIpc) is 2.81. The van der Waals surface area contributed by atoms with Gasteiger partial charge in [-0.15, -0.1) is 0 Å². The molecule has 1 heterocycles. The molecule has 2 aliphatic rings. The van der Waals surface area contributed by atoms with E-state index in [-0.39, 0.29) is 12.1 Å². The van der Waals surface area contributed by atoms with E-state index in [1.165, 1.54) is 12.8 Å². The molecule has 4 nitrogen and oxygen atoms in total. The van der Waals surface area contributed by atoms with Crippen LogP contribution in [-0.2, 0) is 4.74 Å². The lowest BCUT2D eigenvalue weighted by molar-refractivity contribution is 0.181. The lowest BCUT2D eigenvalue weighted by Gasteiger charge is -2.20. The number of carbonyl (C=O) groups is 1. The molecule has 1 aliphatic carbocycles. The molecule has 14 heavy (non-hydrogen) atoms. The van der Waals surface area contributed by atoms with E-state index < -0.39 is 0 Å². The first-order valence-corrected chi connectivity index (χ1v) is 5.35. The van der Waals surface area contributed by atoms with Crippen LogP contribution in [0.2, 0.25) is 0 Å². The van der Waals surface area contributed by atoms with Crippen molar-refractivity contribution in [2.24, 2.45) is 5.92 Å². The highest BCUT2D eigenvalue weighted by molar-refractivity contribution is 5.74. The predicted octanol–water partition coefficient (Wildman–Crippen LogP) is 0.827. The van der Waals surface area contributed by atoms with Gasteiger partial charge in [0.1, 0.15) is 0 Å². The molecule has 1 aliphatic heterocycles. The Morgan fingerprint density at radius 2 is 2.29 bits per heavy atom. The van der Waals surface area contributed by atoms with Gasteiger partial charge >= 0.3 is 6.03 Å². The third kappa shape index (κ3) is 2.61. The summed E-state index contributed by atoms with van der Waals surface area (Å²) in [4.78, 5) is 13.4. The molecular formula is C10H18N2O2. The van der Waals surface area contributed by atoms with Crippen LogP contribution in [0.3, 0.4) is 0 Å². The van der Waals surface area contributed by atoms with E-state index in [0.717, 1.165) is 25.5 Å². The number of hydrogen-bond acceptors (Lipinski definition) is 2. The van der Waals surface area contributed by atoms with E-state index >= 15 is 0 Å². The SMILES string of the molecule is CN(CC1CC1)C(=O)NC1CCOC1. The van der Waals surface area contributed by atoms with Crippen molar-refractivity contribution < 1.29 is 9.53 Å². The summed E-state index contributed by atoms with van der Waals surface area (Å²) in [6.07, 6.45) is 3.51. The molecule has 2 rings (SSSR count). The Labute approximate surface area is 84.6 Å². The van der Waals surface area contributed by atoms with Gasteiger partial charge in [-0.05, 0) is 25.2 Å². The highest BCUT2D eigenvalue weighted by Crippen LogP contribution is 2.29. The van der Waals surface area contributed by atoms with Gasteiger partial charge in [0.25, 0.3) is 0 Å². The molecule has 1 saturated carbocycles. The third-order valence-electron chi connectivity index (χ3n) is 2.83. The van der Waals surface area contributed by atoms with Crippen molar-refractivity contribution in [3.63, 3.8) is 0 Å². The molecule has 4 heteroatoms. The van der Waals surface area contributed by atoms with Crippen molar-refractivity contribution in [1.82, 2.24) is 10.2 Å². The van der Waals surface area contributed by atoms with Crippen molar-refractivity contribution in [3.8, 4) is 0 Å². The lowest BCUT2D eigenvalue weighted by atomic mass is 10.3. The van der Waals surface area contributed by atoms with Crippen molar-refractivity contribution in [2.45, 2.75) is 25.3 Å². The first kappa shape index (κ1) is 9.77. The van der Waals surface area contributed by atoms with Gasteiger partial charge in [-0.1, -0.05) is 0 Å². The van der Waals surface area contributed by atoms with Gasteiger partial charge < -0.3 is 15.0 Å². The number of nitrogens with zero attached hydrogens (tertiary/aromatic N) is 1. The smallest absolute Gasteiger partial charge is 0.317 e. The van der Waals surface area contributed by atoms with E-state index in [0.29, 0.717) is 6.61 Å². The summed E-state index contributed by atoms with van der Waals surface area (Å²) in [6.45, 7) is 2.35. The van der Waals surface area contributed by atoms with E-state index in [4.69, 9.17) is 4.74 Å². The fourth-order valence-electron chi connectivity index (χ4n) is 1.70. The van der Waals surface area contributed by atoms with Gasteiger partial charge in [-0.3, -0.25) is 0 Å². The normalized spacial score (nSPS) is 26.2. The summed E-state index contributed by atoms with van der Waals surface area (Å²) >= 11 is 0. The summed E-state index contributed by atoms with van der Waals surface area (Å²) in [5.41, 5.74) is 0. The van der Waals surface area contributed by atoms with Crippen LogP contribution < -0.4 is 5.32 Å². The first-order chi connectivity index (χ1) is 6.75. The zero-order valence-corrected chi connectivity index (χ0v) is 8.66. The lowest BCUT2D eigenvalue weighted by Crippen LogP contribution is -2.44. The maximum atomic E-state index is 11.6. The minimum absolute atomic E-state index is 0.0485. The number of nitrogens with one attached hydrogen (secondary N) is 1. The maximum absolute atomic E-state index is 11.6. The molecule has 1 unspecified atom stereocenters. The molecule has 0 aromatic carbocycles. The van der Waals surface area contributed by atoms with Crippen molar-refractivity contribution in [1.29, 1.82) is 0 Å². The Bertz CT molecular complexity index is 210. The number of rotatable bonds is 3. The van der Waals surface area contributed by atoms with Gasteiger partial charge in [0.05, 0.1) is 12.6 Å². The molecule has 1 N–H and O–H groups in total. The molecular weight excluding hydrogens is 180 g/mol.